The van der Waals surface area contributed by atoms with E-state index < -0.39 is 5.97 Å². The van der Waals surface area contributed by atoms with Gasteiger partial charge in [-0.15, -0.1) is 0 Å². The fourth-order valence-corrected chi connectivity index (χ4v) is 4.45. The fourth-order valence-electron chi connectivity index (χ4n) is 3.13. The number of aromatic nitrogens is 1. The van der Waals surface area contributed by atoms with Gasteiger partial charge < -0.3 is 20.3 Å². The Balaban J connectivity index is 1.82. The minimum absolute atomic E-state index is 0.171. The molecule has 29 heavy (non-hydrogen) atoms. The molecule has 7 nitrogen and oxygen atoms in total. The molecule has 0 bridgehead atoms. The lowest BCUT2D eigenvalue weighted by molar-refractivity contribution is 0.0695. The summed E-state index contributed by atoms with van der Waals surface area (Å²) in [4.78, 5) is 17.1. The van der Waals surface area contributed by atoms with Gasteiger partial charge in [0.2, 0.25) is 0 Å². The number of morpholine rings is 1. The van der Waals surface area contributed by atoms with E-state index in [0.29, 0.717) is 18.9 Å². The molecular formula is C20H18BrN3O4S. The number of carboxylic acids is 1. The average molecular weight is 476 g/mol. The van der Waals surface area contributed by atoms with Gasteiger partial charge in [-0.25, -0.2) is 9.10 Å². The normalized spacial score (nSPS) is 14.8. The molecule has 1 aliphatic heterocycles. The van der Waals surface area contributed by atoms with Gasteiger partial charge in [-0.2, -0.15) is 0 Å². The number of anilines is 2. The maximum atomic E-state index is 11.7. The Morgan fingerprint density at radius 2 is 2.03 bits per heavy atom. The number of rotatable bonds is 5. The number of halogens is 1. The van der Waals surface area contributed by atoms with Crippen molar-refractivity contribution in [2.75, 3.05) is 31.6 Å². The van der Waals surface area contributed by atoms with Crippen LogP contribution in [0.1, 0.15) is 10.4 Å². The molecular weight excluding hydrogens is 458 g/mol. The van der Waals surface area contributed by atoms with Crippen molar-refractivity contribution < 1.29 is 19.7 Å². The van der Waals surface area contributed by atoms with E-state index in [1.807, 2.05) is 18.2 Å². The maximum absolute atomic E-state index is 11.7. The summed E-state index contributed by atoms with van der Waals surface area (Å²) in [6.07, 6.45) is 1.78. The summed E-state index contributed by atoms with van der Waals surface area (Å²) in [5, 5.41) is 23.7. The predicted octanol–water partition coefficient (Wildman–Crippen LogP) is 4.48. The number of aromatic hydroxyl groups is 1. The second-order valence-electron chi connectivity index (χ2n) is 6.42. The summed E-state index contributed by atoms with van der Waals surface area (Å²) in [5.41, 5.74) is 1.66. The van der Waals surface area contributed by atoms with E-state index in [4.69, 9.17) is 4.74 Å². The smallest absolute Gasteiger partial charge is 0.341 e. The average Bonchev–Trinajstić information content (AvgIpc) is 2.70. The van der Waals surface area contributed by atoms with E-state index in [9.17, 15) is 15.0 Å². The standard InChI is InChI=1S/C20H18BrN3O4S/c21-12-4-5-14-13(10-12)19(17(11-22-14)29-24-6-8-28-9-7-24)23-15-2-1-3-16(25)18(15)20(26)27/h1-5,10-11,25H,6-9H2,(H,22,23)(H,26,27). The highest BCUT2D eigenvalue weighted by molar-refractivity contribution is 9.10. The first-order valence-electron chi connectivity index (χ1n) is 8.94. The first kappa shape index (κ1) is 20.0. The van der Waals surface area contributed by atoms with E-state index in [1.54, 1.807) is 30.3 Å². The van der Waals surface area contributed by atoms with Crippen LogP contribution in [0.2, 0.25) is 0 Å². The molecule has 0 atom stereocenters. The number of fused-ring (bicyclic) bond motifs is 1. The van der Waals surface area contributed by atoms with Gasteiger partial charge in [-0.1, -0.05) is 22.0 Å². The maximum Gasteiger partial charge on any atom is 0.341 e. The number of pyridine rings is 1. The molecule has 1 fully saturated rings. The van der Waals surface area contributed by atoms with Crippen LogP contribution in [-0.2, 0) is 4.74 Å². The third kappa shape index (κ3) is 4.32. The number of carboxylic acid groups (broad SMARTS) is 1. The molecule has 150 valence electrons. The van der Waals surface area contributed by atoms with Crippen molar-refractivity contribution in [2.24, 2.45) is 0 Å². The zero-order chi connectivity index (χ0) is 20.4. The molecule has 2 aromatic carbocycles. The molecule has 4 rings (SSSR count). The Kier molecular flexibility index (Phi) is 5.91. The highest BCUT2D eigenvalue weighted by atomic mass is 79.9. The number of hydrogen-bond acceptors (Lipinski definition) is 7. The zero-order valence-electron chi connectivity index (χ0n) is 15.3. The molecule has 1 aliphatic rings. The Hall–Kier alpha value is -2.33. The van der Waals surface area contributed by atoms with Crippen molar-refractivity contribution in [2.45, 2.75) is 4.90 Å². The molecule has 0 unspecified atom stereocenters. The van der Waals surface area contributed by atoms with Crippen LogP contribution in [0.3, 0.4) is 0 Å². The lowest BCUT2D eigenvalue weighted by atomic mass is 10.1. The topological polar surface area (TPSA) is 94.9 Å². The van der Waals surface area contributed by atoms with Gasteiger partial charge in [-0.3, -0.25) is 4.98 Å². The third-order valence-electron chi connectivity index (χ3n) is 4.51. The van der Waals surface area contributed by atoms with Crippen molar-refractivity contribution in [1.82, 2.24) is 9.29 Å². The second-order valence-corrected chi connectivity index (χ2v) is 8.48. The van der Waals surface area contributed by atoms with Gasteiger partial charge in [0.1, 0.15) is 11.3 Å². The van der Waals surface area contributed by atoms with Crippen molar-refractivity contribution in [3.63, 3.8) is 0 Å². The molecule has 0 radical (unpaired) electrons. The van der Waals surface area contributed by atoms with Crippen molar-refractivity contribution in [3.05, 3.63) is 52.6 Å². The lowest BCUT2D eigenvalue weighted by Gasteiger charge is -2.26. The Labute approximate surface area is 180 Å². The fraction of sp³-hybridized carbons (Fsp3) is 0.200. The van der Waals surface area contributed by atoms with Crippen LogP contribution in [0, 0.1) is 0 Å². The van der Waals surface area contributed by atoms with Gasteiger partial charge in [0.05, 0.1) is 35.0 Å². The molecule has 3 aromatic rings. The Morgan fingerprint density at radius 3 is 2.79 bits per heavy atom. The Morgan fingerprint density at radius 1 is 1.24 bits per heavy atom. The van der Waals surface area contributed by atoms with Crippen LogP contribution in [0.4, 0.5) is 11.4 Å². The van der Waals surface area contributed by atoms with Crippen molar-refractivity contribution in [3.8, 4) is 5.75 Å². The van der Waals surface area contributed by atoms with E-state index in [0.717, 1.165) is 39.0 Å². The largest absolute Gasteiger partial charge is 0.507 e. The van der Waals surface area contributed by atoms with E-state index in [2.05, 4.69) is 30.5 Å². The number of aromatic carboxylic acids is 1. The van der Waals surface area contributed by atoms with E-state index in [1.165, 1.54) is 6.07 Å². The van der Waals surface area contributed by atoms with Gasteiger partial charge >= 0.3 is 5.97 Å². The van der Waals surface area contributed by atoms with Crippen LogP contribution >= 0.6 is 27.9 Å². The first-order chi connectivity index (χ1) is 14.0. The van der Waals surface area contributed by atoms with Crippen molar-refractivity contribution >= 4 is 56.1 Å². The second kappa shape index (κ2) is 8.58. The van der Waals surface area contributed by atoms with Gasteiger partial charge in [0, 0.05) is 29.1 Å². The number of carbonyl (C=O) groups is 1. The number of benzene rings is 2. The highest BCUT2D eigenvalue weighted by Crippen LogP contribution is 2.39. The SMILES string of the molecule is O=C(O)c1c(O)cccc1Nc1c(SN2CCOCC2)cnc2ccc(Br)cc12. The highest BCUT2D eigenvalue weighted by Gasteiger charge is 2.20. The van der Waals surface area contributed by atoms with Crippen LogP contribution in [-0.4, -0.2) is 51.8 Å². The van der Waals surface area contributed by atoms with E-state index >= 15 is 0 Å². The molecule has 0 spiro atoms. The summed E-state index contributed by atoms with van der Waals surface area (Å²) < 4.78 is 8.50. The summed E-state index contributed by atoms with van der Waals surface area (Å²) in [6, 6.07) is 10.4. The molecule has 0 aliphatic carbocycles. The van der Waals surface area contributed by atoms with Crippen LogP contribution < -0.4 is 5.32 Å². The zero-order valence-corrected chi connectivity index (χ0v) is 17.7. The number of nitrogens with one attached hydrogen (secondary N) is 1. The van der Waals surface area contributed by atoms with Gasteiger partial charge in [0.15, 0.2) is 0 Å². The predicted molar refractivity (Wildman–Crippen MR) is 116 cm³/mol. The lowest BCUT2D eigenvalue weighted by Crippen LogP contribution is -2.31. The molecule has 9 heteroatoms. The Bertz CT molecular complexity index is 1070. The number of hydrogen-bond donors (Lipinski definition) is 3. The summed E-state index contributed by atoms with van der Waals surface area (Å²) in [7, 11) is 0. The van der Waals surface area contributed by atoms with Gasteiger partial charge in [0.25, 0.3) is 0 Å². The molecule has 1 saturated heterocycles. The molecule has 2 heterocycles. The first-order valence-corrected chi connectivity index (χ1v) is 10.5. The minimum Gasteiger partial charge on any atom is -0.507 e. The van der Waals surface area contributed by atoms with Crippen LogP contribution in [0.5, 0.6) is 5.75 Å². The van der Waals surface area contributed by atoms with Gasteiger partial charge in [-0.05, 0) is 42.3 Å². The minimum atomic E-state index is -1.20. The van der Waals surface area contributed by atoms with E-state index in [-0.39, 0.29) is 11.3 Å². The summed E-state index contributed by atoms with van der Waals surface area (Å²) >= 11 is 5.05. The monoisotopic (exact) mass is 475 g/mol. The molecule has 1 aromatic heterocycles. The third-order valence-corrected chi connectivity index (χ3v) is 6.13. The molecule has 0 amide bonds. The summed E-state index contributed by atoms with van der Waals surface area (Å²) in [5.74, 6) is -1.49. The molecule has 0 saturated carbocycles. The number of ether oxygens (including phenoxy) is 1. The van der Waals surface area contributed by atoms with Crippen molar-refractivity contribution in [1.29, 1.82) is 0 Å². The number of phenols is 1. The van der Waals surface area contributed by atoms with Crippen LogP contribution in [0.15, 0.2) is 52.0 Å². The quantitative estimate of drug-likeness (QED) is 0.464. The molecule has 3 N–H and O–H groups in total. The van der Waals surface area contributed by atoms with Crippen LogP contribution in [0.25, 0.3) is 10.9 Å². The summed E-state index contributed by atoms with van der Waals surface area (Å²) in [6.45, 7) is 2.90. The number of nitrogens with zero attached hydrogens (tertiary/aromatic N) is 2.